The topological polar surface area (TPSA) is 66.5 Å². The molecule has 5 nitrogen and oxygen atoms in total. The third kappa shape index (κ3) is 5.53. The second-order valence-corrected chi connectivity index (χ2v) is 9.44. The van der Waals surface area contributed by atoms with Gasteiger partial charge in [0.2, 0.25) is 5.91 Å². The molecule has 0 saturated carbocycles. The Hall–Kier alpha value is -2.54. The summed E-state index contributed by atoms with van der Waals surface area (Å²) in [5, 5.41) is 3.55. The van der Waals surface area contributed by atoms with E-state index in [1.165, 1.54) is 30.3 Å². The molecule has 0 aliphatic heterocycles. The SMILES string of the molecule is Cc1ccc(CNC(=O)CN(c2cccc(Cl)c2)S(=O)(=O)c2ccc(Cl)cc2)cc1. The zero-order chi connectivity index (χ0) is 21.7. The summed E-state index contributed by atoms with van der Waals surface area (Å²) in [6.07, 6.45) is 0. The van der Waals surface area contributed by atoms with Gasteiger partial charge in [-0.15, -0.1) is 0 Å². The minimum absolute atomic E-state index is 0.0261. The summed E-state index contributed by atoms with van der Waals surface area (Å²) in [6, 6.07) is 19.9. The number of carbonyl (C=O) groups is 1. The number of sulfonamides is 1. The highest BCUT2D eigenvalue weighted by Gasteiger charge is 2.27. The Morgan fingerprint density at radius 1 is 0.933 bits per heavy atom. The summed E-state index contributed by atoms with van der Waals surface area (Å²) in [4.78, 5) is 12.6. The van der Waals surface area contributed by atoms with Gasteiger partial charge >= 0.3 is 0 Å². The predicted molar refractivity (Wildman–Crippen MR) is 120 cm³/mol. The van der Waals surface area contributed by atoms with E-state index in [1.807, 2.05) is 31.2 Å². The van der Waals surface area contributed by atoms with Crippen LogP contribution in [0.3, 0.4) is 0 Å². The van der Waals surface area contributed by atoms with Gasteiger partial charge in [0.25, 0.3) is 10.0 Å². The molecule has 0 fully saturated rings. The van der Waals surface area contributed by atoms with Crippen molar-refractivity contribution in [3.8, 4) is 0 Å². The van der Waals surface area contributed by atoms with Gasteiger partial charge in [0.05, 0.1) is 10.6 Å². The standard InChI is InChI=1S/C22H20Cl2N2O3S/c1-16-5-7-17(8-6-16)14-25-22(27)15-26(20-4-2-3-19(24)13-20)30(28,29)21-11-9-18(23)10-12-21/h2-13H,14-15H2,1H3,(H,25,27). The van der Waals surface area contributed by atoms with Gasteiger partial charge < -0.3 is 5.32 Å². The van der Waals surface area contributed by atoms with Gasteiger partial charge in [-0.05, 0) is 55.0 Å². The maximum Gasteiger partial charge on any atom is 0.264 e. The molecule has 0 saturated heterocycles. The van der Waals surface area contributed by atoms with Gasteiger partial charge in [-0.25, -0.2) is 8.42 Å². The molecule has 3 rings (SSSR count). The number of halogens is 2. The Morgan fingerprint density at radius 3 is 2.23 bits per heavy atom. The Kier molecular flexibility index (Phi) is 7.02. The Morgan fingerprint density at radius 2 is 1.60 bits per heavy atom. The molecule has 3 aromatic rings. The van der Waals surface area contributed by atoms with Crippen LogP contribution in [0.5, 0.6) is 0 Å². The molecule has 0 spiro atoms. The van der Waals surface area contributed by atoms with Crippen LogP contribution >= 0.6 is 23.2 Å². The van der Waals surface area contributed by atoms with Crippen LogP contribution in [0.15, 0.2) is 77.7 Å². The molecule has 0 aromatic heterocycles. The number of benzene rings is 3. The third-order valence-electron chi connectivity index (χ3n) is 4.40. The largest absolute Gasteiger partial charge is 0.350 e. The van der Waals surface area contributed by atoms with Gasteiger partial charge in [0, 0.05) is 16.6 Å². The van der Waals surface area contributed by atoms with Gasteiger partial charge in [-0.2, -0.15) is 0 Å². The van der Waals surface area contributed by atoms with E-state index in [-0.39, 0.29) is 4.90 Å². The van der Waals surface area contributed by atoms with Crippen molar-refractivity contribution in [3.05, 3.63) is 94.0 Å². The summed E-state index contributed by atoms with van der Waals surface area (Å²) >= 11 is 11.9. The van der Waals surface area contributed by atoms with Crippen molar-refractivity contribution in [2.75, 3.05) is 10.8 Å². The molecular formula is C22H20Cl2N2O3S. The van der Waals surface area contributed by atoms with E-state index in [0.29, 0.717) is 22.3 Å². The van der Waals surface area contributed by atoms with Crippen LogP contribution in [0.4, 0.5) is 5.69 Å². The molecule has 0 heterocycles. The van der Waals surface area contributed by atoms with Crippen LogP contribution < -0.4 is 9.62 Å². The highest BCUT2D eigenvalue weighted by atomic mass is 35.5. The Labute approximate surface area is 186 Å². The summed E-state index contributed by atoms with van der Waals surface area (Å²) in [5.74, 6) is -0.437. The van der Waals surface area contributed by atoms with Crippen LogP contribution in [0.2, 0.25) is 10.0 Å². The van der Waals surface area contributed by atoms with E-state index < -0.39 is 22.5 Å². The zero-order valence-electron chi connectivity index (χ0n) is 16.2. The molecular weight excluding hydrogens is 443 g/mol. The average molecular weight is 463 g/mol. The monoisotopic (exact) mass is 462 g/mol. The van der Waals surface area contributed by atoms with E-state index in [4.69, 9.17) is 23.2 Å². The quantitative estimate of drug-likeness (QED) is 0.547. The molecule has 0 unspecified atom stereocenters. The van der Waals surface area contributed by atoms with Crippen LogP contribution in [-0.2, 0) is 21.4 Å². The lowest BCUT2D eigenvalue weighted by Crippen LogP contribution is -2.40. The zero-order valence-corrected chi connectivity index (χ0v) is 18.5. The summed E-state index contributed by atoms with van der Waals surface area (Å²) < 4.78 is 27.6. The van der Waals surface area contributed by atoms with Crippen LogP contribution in [-0.4, -0.2) is 20.9 Å². The van der Waals surface area contributed by atoms with Crippen molar-refractivity contribution in [1.82, 2.24) is 5.32 Å². The molecule has 0 radical (unpaired) electrons. The summed E-state index contributed by atoms with van der Waals surface area (Å²) in [6.45, 7) is 1.88. The molecule has 3 aromatic carbocycles. The van der Waals surface area contributed by atoms with E-state index >= 15 is 0 Å². The number of aryl methyl sites for hydroxylation is 1. The molecule has 8 heteroatoms. The molecule has 30 heavy (non-hydrogen) atoms. The number of amides is 1. The summed E-state index contributed by atoms with van der Waals surface area (Å²) in [7, 11) is -4.02. The second kappa shape index (κ2) is 9.51. The minimum atomic E-state index is -4.02. The van der Waals surface area contributed by atoms with Crippen molar-refractivity contribution in [1.29, 1.82) is 0 Å². The number of nitrogens with zero attached hydrogens (tertiary/aromatic N) is 1. The van der Waals surface area contributed by atoms with Crippen LogP contribution in [0.1, 0.15) is 11.1 Å². The third-order valence-corrected chi connectivity index (χ3v) is 6.67. The number of hydrogen-bond donors (Lipinski definition) is 1. The predicted octanol–water partition coefficient (Wildman–Crippen LogP) is 4.81. The van der Waals surface area contributed by atoms with Crippen molar-refractivity contribution in [2.45, 2.75) is 18.4 Å². The number of anilines is 1. The number of nitrogens with one attached hydrogen (secondary N) is 1. The van der Waals surface area contributed by atoms with Crippen LogP contribution in [0.25, 0.3) is 0 Å². The molecule has 0 atom stereocenters. The van der Waals surface area contributed by atoms with Crippen molar-refractivity contribution in [3.63, 3.8) is 0 Å². The summed E-state index contributed by atoms with van der Waals surface area (Å²) in [5.41, 5.74) is 2.33. The van der Waals surface area contributed by atoms with Gasteiger partial charge in [-0.1, -0.05) is 59.1 Å². The second-order valence-electron chi connectivity index (χ2n) is 6.71. The van der Waals surface area contributed by atoms with E-state index in [2.05, 4.69) is 5.32 Å². The Bertz CT molecular complexity index is 1130. The number of carbonyl (C=O) groups excluding carboxylic acids is 1. The fourth-order valence-electron chi connectivity index (χ4n) is 2.77. The van der Waals surface area contributed by atoms with E-state index in [1.54, 1.807) is 18.2 Å². The van der Waals surface area contributed by atoms with E-state index in [9.17, 15) is 13.2 Å². The highest BCUT2D eigenvalue weighted by Crippen LogP contribution is 2.26. The lowest BCUT2D eigenvalue weighted by atomic mass is 10.1. The average Bonchev–Trinajstić information content (AvgIpc) is 2.72. The lowest BCUT2D eigenvalue weighted by Gasteiger charge is -2.24. The highest BCUT2D eigenvalue weighted by molar-refractivity contribution is 7.92. The molecule has 156 valence electrons. The van der Waals surface area contributed by atoms with Crippen molar-refractivity contribution >= 4 is 44.8 Å². The lowest BCUT2D eigenvalue weighted by molar-refractivity contribution is -0.119. The van der Waals surface area contributed by atoms with Crippen molar-refractivity contribution in [2.24, 2.45) is 0 Å². The van der Waals surface area contributed by atoms with Gasteiger partial charge in [-0.3, -0.25) is 9.10 Å². The van der Waals surface area contributed by atoms with Crippen LogP contribution in [0, 0.1) is 6.92 Å². The fraction of sp³-hybridized carbons (Fsp3) is 0.136. The molecule has 0 bridgehead atoms. The first kappa shape index (κ1) is 22.2. The first-order valence-corrected chi connectivity index (χ1v) is 11.3. The molecule has 0 aliphatic rings. The van der Waals surface area contributed by atoms with Gasteiger partial charge in [0.1, 0.15) is 6.54 Å². The first-order chi connectivity index (χ1) is 14.3. The Balaban J connectivity index is 1.85. The first-order valence-electron chi connectivity index (χ1n) is 9.12. The van der Waals surface area contributed by atoms with Gasteiger partial charge in [0.15, 0.2) is 0 Å². The maximum atomic E-state index is 13.3. The normalized spacial score (nSPS) is 11.2. The smallest absolute Gasteiger partial charge is 0.264 e. The molecule has 1 N–H and O–H groups in total. The number of rotatable bonds is 7. The van der Waals surface area contributed by atoms with Crippen molar-refractivity contribution < 1.29 is 13.2 Å². The van der Waals surface area contributed by atoms with E-state index in [0.717, 1.165) is 15.4 Å². The minimum Gasteiger partial charge on any atom is -0.350 e. The maximum absolute atomic E-state index is 13.3. The molecule has 0 aliphatic carbocycles. The molecule has 1 amide bonds. The fourth-order valence-corrected chi connectivity index (χ4v) is 4.50. The number of hydrogen-bond acceptors (Lipinski definition) is 3.